The molecule has 0 aliphatic carbocycles. The molecule has 0 aromatic heterocycles. The van der Waals surface area contributed by atoms with Crippen molar-refractivity contribution in [3.8, 4) is 5.75 Å². The molecule has 167 valence electrons. The van der Waals surface area contributed by atoms with Crippen molar-refractivity contribution in [3.05, 3.63) is 71.6 Å². The molecule has 0 saturated carbocycles. The Bertz CT molecular complexity index is 878. The number of rotatable bonds is 7. The lowest BCUT2D eigenvalue weighted by Gasteiger charge is -2.38. The summed E-state index contributed by atoms with van der Waals surface area (Å²) in [5.74, 6) is 0.828. The van der Waals surface area contributed by atoms with E-state index in [2.05, 4.69) is 11.8 Å². The molecule has 2 aliphatic heterocycles. The summed E-state index contributed by atoms with van der Waals surface area (Å²) < 4.78 is 57.9. The van der Waals surface area contributed by atoms with Crippen LogP contribution in [0.1, 0.15) is 28.3 Å². The Balaban J connectivity index is 1.46. The van der Waals surface area contributed by atoms with E-state index in [1.807, 2.05) is 42.5 Å². The monoisotopic (exact) mass is 435 g/mol. The number of alkyl halides is 4. The van der Waals surface area contributed by atoms with Crippen LogP contribution in [0.4, 0.5) is 17.6 Å². The van der Waals surface area contributed by atoms with Crippen molar-refractivity contribution in [3.63, 3.8) is 0 Å². The molecule has 2 heterocycles. The van der Waals surface area contributed by atoms with E-state index in [-0.39, 0.29) is 12.6 Å². The van der Waals surface area contributed by atoms with Crippen LogP contribution >= 0.6 is 0 Å². The predicted molar refractivity (Wildman–Crippen MR) is 112 cm³/mol. The fourth-order valence-electron chi connectivity index (χ4n) is 4.52. The molecule has 0 N–H and O–H groups in total. The van der Waals surface area contributed by atoms with Gasteiger partial charge in [-0.15, -0.1) is 0 Å². The van der Waals surface area contributed by atoms with Gasteiger partial charge in [-0.1, -0.05) is 30.3 Å². The Kier molecular flexibility index (Phi) is 6.53. The van der Waals surface area contributed by atoms with Crippen LogP contribution in [-0.2, 0) is 6.42 Å². The lowest BCUT2D eigenvalue weighted by Crippen LogP contribution is -2.49. The molecule has 1 fully saturated rings. The summed E-state index contributed by atoms with van der Waals surface area (Å²) in [6, 6.07) is 12.6. The number of fused-ring (bicyclic) bond motifs is 1. The Labute approximate surface area is 180 Å². The zero-order chi connectivity index (χ0) is 22.0. The number of benzene rings is 2. The third-order valence-corrected chi connectivity index (χ3v) is 6.04. The Morgan fingerprint density at radius 2 is 1.81 bits per heavy atom. The molecule has 2 aromatic carbocycles. The van der Waals surface area contributed by atoms with E-state index in [4.69, 9.17) is 4.74 Å². The molecule has 7 heteroatoms. The summed E-state index contributed by atoms with van der Waals surface area (Å²) in [4.78, 5) is 3.63. The summed E-state index contributed by atoms with van der Waals surface area (Å²) in [6.45, 7) is 5.84. The summed E-state index contributed by atoms with van der Waals surface area (Å²) in [7, 11) is 0. The number of nitrogens with zero attached hydrogens (tertiary/aromatic N) is 2. The topological polar surface area (TPSA) is 15.7 Å². The van der Waals surface area contributed by atoms with E-state index >= 15 is 0 Å². The van der Waals surface area contributed by atoms with Crippen molar-refractivity contribution in [2.75, 3.05) is 46.0 Å². The highest BCUT2D eigenvalue weighted by Gasteiger charge is 2.37. The largest absolute Gasteiger partial charge is 0.492 e. The molecular formula is C24H27F4N2O. The third-order valence-electron chi connectivity index (χ3n) is 6.04. The number of hydrogen-bond donors (Lipinski definition) is 0. The van der Waals surface area contributed by atoms with E-state index in [0.717, 1.165) is 41.9 Å². The minimum Gasteiger partial charge on any atom is -0.492 e. The first-order valence-electron chi connectivity index (χ1n) is 10.6. The standard InChI is InChI=1S/C24H27F4N2O/c1-17-2-7-22-20(12-17)8-9-30(16-24(26,27)28)23(22)19-3-5-21(6-4-19)31-11-10-29-14-18(13-25)15-29/h2-7,12,18,23H,1,8-11,13-16H2/t23-/m1/s1. The first-order valence-corrected chi connectivity index (χ1v) is 10.6. The Morgan fingerprint density at radius 3 is 2.48 bits per heavy atom. The maximum atomic E-state index is 13.2. The van der Waals surface area contributed by atoms with E-state index in [1.165, 1.54) is 4.90 Å². The average Bonchev–Trinajstić information content (AvgIpc) is 2.69. The van der Waals surface area contributed by atoms with E-state index in [1.54, 1.807) is 0 Å². The molecule has 2 aromatic rings. The van der Waals surface area contributed by atoms with Crippen molar-refractivity contribution in [1.82, 2.24) is 9.80 Å². The zero-order valence-corrected chi connectivity index (χ0v) is 17.4. The van der Waals surface area contributed by atoms with Crippen molar-refractivity contribution in [1.29, 1.82) is 0 Å². The smallest absolute Gasteiger partial charge is 0.401 e. The van der Waals surface area contributed by atoms with Crippen LogP contribution in [0.2, 0.25) is 0 Å². The molecule has 1 atom stereocenters. The summed E-state index contributed by atoms with van der Waals surface area (Å²) in [5.41, 5.74) is 3.63. The van der Waals surface area contributed by atoms with E-state index < -0.39 is 18.8 Å². The molecule has 0 spiro atoms. The lowest BCUT2D eigenvalue weighted by molar-refractivity contribution is -0.150. The number of halogens is 4. The van der Waals surface area contributed by atoms with Gasteiger partial charge in [0.05, 0.1) is 19.3 Å². The molecule has 4 rings (SSSR count). The van der Waals surface area contributed by atoms with Gasteiger partial charge in [0.25, 0.3) is 0 Å². The van der Waals surface area contributed by atoms with Crippen LogP contribution in [0.5, 0.6) is 5.75 Å². The predicted octanol–water partition coefficient (Wildman–Crippen LogP) is 4.66. The fourth-order valence-corrected chi connectivity index (χ4v) is 4.52. The maximum Gasteiger partial charge on any atom is 0.401 e. The zero-order valence-electron chi connectivity index (χ0n) is 17.4. The van der Waals surface area contributed by atoms with Gasteiger partial charge in [0.1, 0.15) is 12.4 Å². The summed E-state index contributed by atoms with van der Waals surface area (Å²) >= 11 is 0. The third kappa shape index (κ3) is 5.39. The second kappa shape index (κ2) is 9.17. The second-order valence-corrected chi connectivity index (χ2v) is 8.47. The number of hydrogen-bond acceptors (Lipinski definition) is 3. The second-order valence-electron chi connectivity index (χ2n) is 8.47. The van der Waals surface area contributed by atoms with Gasteiger partial charge in [0, 0.05) is 32.1 Å². The Hall–Kier alpha value is -2.12. The minimum absolute atomic E-state index is 0.150. The van der Waals surface area contributed by atoms with Crippen LogP contribution in [0.25, 0.3) is 0 Å². The van der Waals surface area contributed by atoms with Crippen LogP contribution in [0.3, 0.4) is 0 Å². The first kappa shape index (κ1) is 22.1. The highest BCUT2D eigenvalue weighted by atomic mass is 19.4. The van der Waals surface area contributed by atoms with Crippen molar-refractivity contribution >= 4 is 0 Å². The van der Waals surface area contributed by atoms with Gasteiger partial charge in [-0.3, -0.25) is 14.2 Å². The van der Waals surface area contributed by atoms with Gasteiger partial charge in [0.15, 0.2) is 0 Å². The molecule has 2 aliphatic rings. The van der Waals surface area contributed by atoms with Crippen LogP contribution in [-0.4, -0.2) is 62.0 Å². The van der Waals surface area contributed by atoms with Crippen LogP contribution in [0.15, 0.2) is 42.5 Å². The van der Waals surface area contributed by atoms with Gasteiger partial charge in [0.2, 0.25) is 0 Å². The summed E-state index contributed by atoms with van der Waals surface area (Å²) in [5, 5.41) is 0. The van der Waals surface area contributed by atoms with Gasteiger partial charge < -0.3 is 4.74 Å². The van der Waals surface area contributed by atoms with Gasteiger partial charge >= 0.3 is 6.18 Å². The van der Waals surface area contributed by atoms with Crippen molar-refractivity contribution in [2.24, 2.45) is 5.92 Å². The minimum atomic E-state index is -4.26. The molecule has 0 bridgehead atoms. The normalized spacial score (nSPS) is 20.4. The van der Waals surface area contributed by atoms with E-state index in [0.29, 0.717) is 25.3 Å². The number of likely N-dealkylation sites (tertiary alicyclic amines) is 1. The van der Waals surface area contributed by atoms with Gasteiger partial charge in [-0.05, 0) is 47.7 Å². The quantitative estimate of drug-likeness (QED) is 0.589. The molecule has 0 amide bonds. The van der Waals surface area contributed by atoms with Crippen LogP contribution in [0, 0.1) is 12.8 Å². The first-order chi connectivity index (χ1) is 14.8. The van der Waals surface area contributed by atoms with Gasteiger partial charge in [-0.25, -0.2) is 0 Å². The summed E-state index contributed by atoms with van der Waals surface area (Å²) in [6.07, 6.45) is -3.69. The lowest BCUT2D eigenvalue weighted by atomic mass is 9.87. The molecule has 1 radical (unpaired) electrons. The van der Waals surface area contributed by atoms with Gasteiger partial charge in [-0.2, -0.15) is 13.2 Å². The van der Waals surface area contributed by atoms with Crippen molar-refractivity contribution < 1.29 is 22.3 Å². The van der Waals surface area contributed by atoms with Crippen LogP contribution < -0.4 is 4.74 Å². The van der Waals surface area contributed by atoms with Crippen molar-refractivity contribution in [2.45, 2.75) is 18.6 Å². The highest BCUT2D eigenvalue weighted by molar-refractivity contribution is 5.43. The maximum absolute atomic E-state index is 13.2. The molecule has 3 nitrogen and oxygen atoms in total. The molecule has 0 unspecified atom stereocenters. The average molecular weight is 435 g/mol. The molecule has 31 heavy (non-hydrogen) atoms. The SMILES string of the molecule is [CH2]c1ccc2c(c1)CCN(CC(F)(F)F)[C@@H]2c1ccc(OCCN2CC(CF)C2)cc1. The molecule has 1 saturated heterocycles. The highest BCUT2D eigenvalue weighted by Crippen LogP contribution is 2.37. The fraction of sp³-hybridized carbons (Fsp3) is 0.458. The van der Waals surface area contributed by atoms with E-state index in [9.17, 15) is 17.6 Å². The Morgan fingerprint density at radius 1 is 1.06 bits per heavy atom. The molecular weight excluding hydrogens is 408 g/mol. The number of ether oxygens (including phenoxy) is 1.